The number of ether oxygens (including phenoxy) is 3. The third-order valence-electron chi connectivity index (χ3n) is 5.51. The highest BCUT2D eigenvalue weighted by atomic mass is 32.1. The van der Waals surface area contributed by atoms with Crippen molar-refractivity contribution in [3.8, 4) is 5.75 Å². The van der Waals surface area contributed by atoms with E-state index in [1.807, 2.05) is 30.3 Å². The lowest BCUT2D eigenvalue weighted by Crippen LogP contribution is -2.36. The molecule has 1 aliphatic rings. The minimum Gasteiger partial charge on any atom is -0.496 e. The van der Waals surface area contributed by atoms with Crippen LogP contribution in [0.4, 0.5) is 9.80 Å². The van der Waals surface area contributed by atoms with Crippen molar-refractivity contribution >= 4 is 45.1 Å². The number of carbonyl (C=O) groups excluding carboxylic acids is 3. The van der Waals surface area contributed by atoms with Gasteiger partial charge in [-0.2, -0.15) is 0 Å². The van der Waals surface area contributed by atoms with E-state index in [1.165, 1.54) is 25.6 Å². The third kappa shape index (κ3) is 4.36. The van der Waals surface area contributed by atoms with E-state index in [0.717, 1.165) is 21.2 Å². The molecule has 2 amide bonds. The van der Waals surface area contributed by atoms with Gasteiger partial charge in [0.25, 0.3) is 5.91 Å². The van der Waals surface area contributed by atoms with Crippen LogP contribution in [0.2, 0.25) is 0 Å². The van der Waals surface area contributed by atoms with Crippen molar-refractivity contribution in [2.45, 2.75) is 19.9 Å². The number of hydrogen-bond donors (Lipinski definition) is 1. The maximum atomic E-state index is 13.3. The molecular weight excluding hydrogens is 444 g/mol. The summed E-state index contributed by atoms with van der Waals surface area (Å²) in [6.45, 7) is 2.76. The third-order valence-corrected chi connectivity index (χ3v) is 6.64. The minimum absolute atomic E-state index is 0.287. The first-order valence-corrected chi connectivity index (χ1v) is 11.3. The first kappa shape index (κ1) is 22.6. The number of anilines is 1. The fourth-order valence-corrected chi connectivity index (χ4v) is 5.16. The molecule has 2 heterocycles. The number of nitrogens with zero attached hydrogens (tertiary/aromatic N) is 1. The molecule has 33 heavy (non-hydrogen) atoms. The number of nitrogens with one attached hydrogen (secondary N) is 1. The smallest absolute Gasteiger partial charge is 0.410 e. The Morgan fingerprint density at radius 3 is 2.52 bits per heavy atom. The molecule has 0 aliphatic carbocycles. The largest absolute Gasteiger partial charge is 0.496 e. The van der Waals surface area contributed by atoms with Crippen LogP contribution in [-0.2, 0) is 22.4 Å². The lowest BCUT2D eigenvalue weighted by molar-refractivity contribution is 0.0600. The molecule has 2 aromatic carbocycles. The second-order valence-corrected chi connectivity index (χ2v) is 8.53. The van der Waals surface area contributed by atoms with Gasteiger partial charge < -0.3 is 24.4 Å². The Balaban J connectivity index is 1.68. The number of hydrogen-bond acceptors (Lipinski definition) is 7. The first-order chi connectivity index (χ1) is 16.0. The summed E-state index contributed by atoms with van der Waals surface area (Å²) in [7, 11) is 2.81. The van der Waals surface area contributed by atoms with E-state index in [9.17, 15) is 14.4 Å². The Morgan fingerprint density at radius 1 is 1.12 bits per heavy atom. The van der Waals surface area contributed by atoms with E-state index < -0.39 is 18.0 Å². The Bertz CT molecular complexity index is 1240. The van der Waals surface area contributed by atoms with Crippen molar-refractivity contribution in [1.29, 1.82) is 0 Å². The van der Waals surface area contributed by atoms with Crippen molar-refractivity contribution in [1.82, 2.24) is 4.90 Å². The molecule has 0 fully saturated rings. The summed E-state index contributed by atoms with van der Waals surface area (Å²) >= 11 is 1.26. The molecule has 0 bridgehead atoms. The van der Waals surface area contributed by atoms with Crippen LogP contribution in [0.3, 0.4) is 0 Å². The lowest BCUT2D eigenvalue weighted by atomic mass is 10.0. The van der Waals surface area contributed by atoms with Crippen LogP contribution in [-0.4, -0.2) is 50.2 Å². The highest BCUT2D eigenvalue weighted by molar-refractivity contribution is 7.17. The predicted molar refractivity (Wildman–Crippen MR) is 125 cm³/mol. The van der Waals surface area contributed by atoms with Gasteiger partial charge >= 0.3 is 12.1 Å². The molecule has 9 heteroatoms. The Labute approximate surface area is 195 Å². The summed E-state index contributed by atoms with van der Waals surface area (Å²) in [5.74, 6) is -0.498. The van der Waals surface area contributed by atoms with Crippen LogP contribution >= 0.6 is 11.3 Å². The molecule has 1 aromatic heterocycles. The summed E-state index contributed by atoms with van der Waals surface area (Å²) in [6, 6.07) is 11.2. The topological polar surface area (TPSA) is 94.2 Å². The predicted octanol–water partition coefficient (Wildman–Crippen LogP) is 4.46. The van der Waals surface area contributed by atoms with Gasteiger partial charge in [0.05, 0.1) is 38.5 Å². The average Bonchev–Trinajstić information content (AvgIpc) is 3.19. The van der Waals surface area contributed by atoms with E-state index in [4.69, 9.17) is 14.2 Å². The molecule has 8 nitrogen and oxygen atoms in total. The van der Waals surface area contributed by atoms with E-state index >= 15 is 0 Å². The zero-order chi connectivity index (χ0) is 23.5. The number of methoxy groups -OCH3 is 2. The van der Waals surface area contributed by atoms with Gasteiger partial charge in [-0.1, -0.05) is 24.3 Å². The number of thiophene rings is 1. The van der Waals surface area contributed by atoms with Crippen molar-refractivity contribution in [3.63, 3.8) is 0 Å². The molecule has 0 saturated carbocycles. The molecule has 1 N–H and O–H groups in total. The molecule has 0 saturated heterocycles. The van der Waals surface area contributed by atoms with Crippen LogP contribution in [0, 0.1) is 0 Å². The van der Waals surface area contributed by atoms with Crippen LogP contribution in [0.1, 0.15) is 38.1 Å². The summed E-state index contributed by atoms with van der Waals surface area (Å²) in [5.41, 5.74) is 1.47. The number of esters is 1. The molecule has 0 spiro atoms. The Hall–Kier alpha value is -3.59. The molecule has 0 unspecified atom stereocenters. The lowest BCUT2D eigenvalue weighted by Gasteiger charge is -2.26. The molecule has 0 radical (unpaired) electrons. The van der Waals surface area contributed by atoms with Crippen molar-refractivity contribution in [2.24, 2.45) is 0 Å². The average molecular weight is 469 g/mol. The van der Waals surface area contributed by atoms with Gasteiger partial charge in [0.2, 0.25) is 0 Å². The van der Waals surface area contributed by atoms with Gasteiger partial charge in [-0.3, -0.25) is 4.79 Å². The van der Waals surface area contributed by atoms with Crippen LogP contribution in [0.15, 0.2) is 36.4 Å². The number of carbonyl (C=O) groups is 3. The SMILES string of the molecule is CCOC(=O)N1CCc2c(sc(NC(=O)c3cc4ccccc4cc3OC)c2C(=O)OC)C1. The first-order valence-electron chi connectivity index (χ1n) is 10.5. The second kappa shape index (κ2) is 9.50. The summed E-state index contributed by atoms with van der Waals surface area (Å²) in [5, 5.41) is 5.11. The highest BCUT2D eigenvalue weighted by Crippen LogP contribution is 2.38. The zero-order valence-corrected chi connectivity index (χ0v) is 19.4. The van der Waals surface area contributed by atoms with Gasteiger partial charge in [0.15, 0.2) is 0 Å². The molecule has 3 aromatic rings. The van der Waals surface area contributed by atoms with Gasteiger partial charge in [0, 0.05) is 11.4 Å². The molecule has 1 aliphatic heterocycles. The number of rotatable bonds is 5. The van der Waals surface area contributed by atoms with Crippen molar-refractivity contribution in [2.75, 3.05) is 32.7 Å². The van der Waals surface area contributed by atoms with Gasteiger partial charge in [0.1, 0.15) is 10.8 Å². The standard InChI is InChI=1S/C24H24N2O6S/c1-4-32-24(29)26-10-9-16-19(13-26)33-22(20(16)23(28)31-3)25-21(27)17-11-14-7-5-6-8-15(14)12-18(17)30-2/h5-8,11-12H,4,9-10,13H2,1-3H3,(H,25,27). The Kier molecular flexibility index (Phi) is 6.50. The highest BCUT2D eigenvalue weighted by Gasteiger charge is 2.31. The van der Waals surface area contributed by atoms with E-state index in [1.54, 1.807) is 17.9 Å². The fraction of sp³-hybridized carbons (Fsp3) is 0.292. The molecule has 4 rings (SSSR count). The van der Waals surface area contributed by atoms with Gasteiger partial charge in [-0.05, 0) is 41.8 Å². The van der Waals surface area contributed by atoms with E-state index in [2.05, 4.69) is 5.32 Å². The van der Waals surface area contributed by atoms with Crippen molar-refractivity contribution in [3.05, 3.63) is 58.0 Å². The minimum atomic E-state index is -0.530. The zero-order valence-electron chi connectivity index (χ0n) is 18.6. The van der Waals surface area contributed by atoms with Crippen molar-refractivity contribution < 1.29 is 28.6 Å². The Morgan fingerprint density at radius 2 is 1.85 bits per heavy atom. The molecule has 172 valence electrons. The quantitative estimate of drug-likeness (QED) is 0.556. The van der Waals surface area contributed by atoms with Crippen LogP contribution in [0.5, 0.6) is 5.75 Å². The van der Waals surface area contributed by atoms with Gasteiger partial charge in [-0.25, -0.2) is 9.59 Å². The summed E-state index contributed by atoms with van der Waals surface area (Å²) in [6.07, 6.45) is 0.0622. The fourth-order valence-electron chi connectivity index (χ4n) is 3.92. The van der Waals surface area contributed by atoms with Gasteiger partial charge in [-0.15, -0.1) is 11.3 Å². The van der Waals surface area contributed by atoms with Crippen LogP contribution in [0.25, 0.3) is 10.8 Å². The second-order valence-electron chi connectivity index (χ2n) is 7.42. The normalized spacial score (nSPS) is 12.8. The molecule has 0 atom stereocenters. The van der Waals surface area contributed by atoms with Crippen LogP contribution < -0.4 is 10.1 Å². The monoisotopic (exact) mass is 468 g/mol. The summed E-state index contributed by atoms with van der Waals surface area (Å²) in [4.78, 5) is 40.4. The summed E-state index contributed by atoms with van der Waals surface area (Å²) < 4.78 is 15.5. The molecular formula is C24H24N2O6S. The number of fused-ring (bicyclic) bond motifs is 2. The van der Waals surface area contributed by atoms with E-state index in [0.29, 0.717) is 41.4 Å². The van der Waals surface area contributed by atoms with E-state index in [-0.39, 0.29) is 6.61 Å². The number of amides is 2. The number of benzene rings is 2. The maximum absolute atomic E-state index is 13.3. The maximum Gasteiger partial charge on any atom is 0.410 e.